The number of allylic oxidation sites excluding steroid dienone is 1. The fourth-order valence-electron chi connectivity index (χ4n) is 3.33. The topological polar surface area (TPSA) is 89.6 Å². The van der Waals surface area contributed by atoms with E-state index < -0.39 is 0 Å². The lowest BCUT2D eigenvalue weighted by Crippen LogP contribution is -2.01. The molecule has 0 saturated carbocycles. The Balaban J connectivity index is 1.60. The van der Waals surface area contributed by atoms with Gasteiger partial charge in [-0.25, -0.2) is 9.97 Å². The van der Waals surface area contributed by atoms with Gasteiger partial charge in [-0.1, -0.05) is 6.92 Å². The number of methoxy groups -OCH3 is 1. The maximum atomic E-state index is 5.40. The van der Waals surface area contributed by atoms with Crippen molar-refractivity contribution in [1.29, 1.82) is 0 Å². The molecule has 0 atom stereocenters. The molecule has 4 rings (SSSR count). The molecule has 9 heteroatoms. The maximum absolute atomic E-state index is 5.40. The highest BCUT2D eigenvalue weighted by atomic mass is 32.1. The minimum Gasteiger partial charge on any atom is -0.495 e. The smallest absolute Gasteiger partial charge is 0.180 e. The van der Waals surface area contributed by atoms with Crippen LogP contribution in [0.5, 0.6) is 5.75 Å². The number of imidazole rings is 1. The molecular formula is C24H27N7OS. The van der Waals surface area contributed by atoms with Crippen LogP contribution in [-0.4, -0.2) is 36.5 Å². The minimum atomic E-state index is 0.591. The molecule has 0 aliphatic rings. The molecule has 33 heavy (non-hydrogen) atoms. The van der Waals surface area contributed by atoms with Crippen molar-refractivity contribution in [3.63, 3.8) is 0 Å². The van der Waals surface area contributed by atoms with Gasteiger partial charge in [0.05, 0.1) is 36.1 Å². The summed E-state index contributed by atoms with van der Waals surface area (Å²) in [5, 5.41) is 4.29. The van der Waals surface area contributed by atoms with Gasteiger partial charge in [0.2, 0.25) is 0 Å². The van der Waals surface area contributed by atoms with E-state index >= 15 is 0 Å². The van der Waals surface area contributed by atoms with Crippen LogP contribution in [0.3, 0.4) is 0 Å². The van der Waals surface area contributed by atoms with Gasteiger partial charge in [-0.3, -0.25) is 14.4 Å². The lowest BCUT2D eigenvalue weighted by molar-refractivity contribution is 0.408. The van der Waals surface area contributed by atoms with Crippen LogP contribution >= 0.6 is 11.5 Å². The van der Waals surface area contributed by atoms with Crippen molar-refractivity contribution in [3.8, 4) is 5.75 Å². The van der Waals surface area contributed by atoms with Crippen LogP contribution in [0.15, 0.2) is 48.0 Å². The molecule has 0 spiro atoms. The average molecular weight is 462 g/mol. The van der Waals surface area contributed by atoms with Crippen molar-refractivity contribution >= 4 is 39.3 Å². The van der Waals surface area contributed by atoms with Crippen LogP contribution in [0.4, 0.5) is 10.8 Å². The normalized spacial score (nSPS) is 12.4. The molecule has 4 aromatic heterocycles. The number of aryl methyl sites for hydroxylation is 1. The molecule has 0 radical (unpaired) electrons. The molecule has 0 aliphatic carbocycles. The van der Waals surface area contributed by atoms with Crippen LogP contribution in [0.25, 0.3) is 11.2 Å². The molecule has 0 amide bonds. The Labute approximate surface area is 197 Å². The number of nitrogens with one attached hydrogen (secondary N) is 1. The highest BCUT2D eigenvalue weighted by Gasteiger charge is 2.14. The number of pyridine rings is 1. The van der Waals surface area contributed by atoms with Gasteiger partial charge in [-0.05, 0) is 62.5 Å². The van der Waals surface area contributed by atoms with Crippen molar-refractivity contribution in [3.05, 3.63) is 65.8 Å². The maximum Gasteiger partial charge on any atom is 0.180 e. The van der Waals surface area contributed by atoms with Crippen molar-refractivity contribution < 1.29 is 4.74 Å². The number of fused-ring (bicyclic) bond motifs is 1. The summed E-state index contributed by atoms with van der Waals surface area (Å²) >= 11 is 1.38. The molecule has 4 aromatic rings. The third kappa shape index (κ3) is 5.09. The molecule has 0 saturated heterocycles. The van der Waals surface area contributed by atoms with E-state index in [0.717, 1.165) is 56.9 Å². The number of nitrogens with zero attached hydrogens (tertiary/aromatic N) is 6. The number of ether oxygens (including phenoxy) is 1. The predicted octanol–water partition coefficient (Wildman–Crippen LogP) is 5.46. The Hall–Kier alpha value is -3.59. The number of aromatic nitrogens is 5. The zero-order valence-corrected chi connectivity index (χ0v) is 20.3. The first kappa shape index (κ1) is 22.6. The number of hydrogen-bond acceptors (Lipinski definition) is 8. The van der Waals surface area contributed by atoms with Gasteiger partial charge in [-0.15, -0.1) is 0 Å². The quantitative estimate of drug-likeness (QED) is 0.350. The second-order valence-electron chi connectivity index (χ2n) is 7.73. The first-order chi connectivity index (χ1) is 16.0. The fraction of sp³-hybridized carbons (Fsp3) is 0.292. The molecule has 0 bridgehead atoms. The summed E-state index contributed by atoms with van der Waals surface area (Å²) in [5.74, 6) is 1.45. The Morgan fingerprint density at radius 3 is 2.94 bits per heavy atom. The van der Waals surface area contributed by atoms with Crippen molar-refractivity contribution in [2.75, 3.05) is 12.4 Å². The first-order valence-electron chi connectivity index (χ1n) is 10.7. The molecule has 0 unspecified atom stereocenters. The van der Waals surface area contributed by atoms with E-state index in [1.165, 1.54) is 11.5 Å². The molecule has 8 nitrogen and oxygen atoms in total. The van der Waals surface area contributed by atoms with E-state index in [0.29, 0.717) is 12.2 Å². The van der Waals surface area contributed by atoms with E-state index in [2.05, 4.69) is 36.6 Å². The number of anilines is 2. The third-order valence-corrected chi connectivity index (χ3v) is 5.97. The zero-order chi connectivity index (χ0) is 23.4. The SMILES string of the molecule is CCC(C)=N/C=C(\C)c1cnc2c(Nc3cc(Cc4ncccc4OC)ns3)nc(C)cn12. The van der Waals surface area contributed by atoms with Crippen LogP contribution in [-0.2, 0) is 6.42 Å². The Kier molecular flexibility index (Phi) is 6.79. The van der Waals surface area contributed by atoms with Crippen molar-refractivity contribution in [1.82, 2.24) is 23.7 Å². The summed E-state index contributed by atoms with van der Waals surface area (Å²) < 4.78 is 12.0. The first-order valence-corrected chi connectivity index (χ1v) is 11.5. The molecule has 0 aliphatic heterocycles. The number of rotatable bonds is 8. The number of aliphatic imine (C=N–C) groups is 1. The van der Waals surface area contributed by atoms with Gasteiger partial charge in [0.1, 0.15) is 10.8 Å². The van der Waals surface area contributed by atoms with Gasteiger partial charge in [0.15, 0.2) is 11.5 Å². The van der Waals surface area contributed by atoms with E-state index in [1.54, 1.807) is 13.3 Å². The van der Waals surface area contributed by atoms with Crippen molar-refractivity contribution in [2.45, 2.75) is 40.5 Å². The standard InChI is InChI=1S/C24H27N7OS/c1-6-16(3)26-12-15(2)20-13-27-24-23(28-17(4)14-31(20)24)29-22-11-18(30-33-22)10-19-21(32-5)8-7-9-25-19/h7-9,11-14H,6,10H2,1-5H3,(H,28,29)/b15-12+,26-16?. The van der Waals surface area contributed by atoms with Crippen molar-refractivity contribution in [2.24, 2.45) is 4.99 Å². The van der Waals surface area contributed by atoms with Crippen LogP contribution in [0, 0.1) is 6.92 Å². The minimum absolute atomic E-state index is 0.591. The van der Waals surface area contributed by atoms with Gasteiger partial charge in [0.25, 0.3) is 0 Å². The summed E-state index contributed by atoms with van der Waals surface area (Å²) in [6.07, 6.45) is 9.02. The molecule has 0 aromatic carbocycles. The van der Waals surface area contributed by atoms with E-state index in [9.17, 15) is 0 Å². The highest BCUT2D eigenvalue weighted by molar-refractivity contribution is 7.10. The summed E-state index contributed by atoms with van der Waals surface area (Å²) in [7, 11) is 1.65. The molecule has 170 valence electrons. The van der Waals surface area contributed by atoms with E-state index in [1.807, 2.05) is 62.0 Å². The predicted molar refractivity (Wildman–Crippen MR) is 134 cm³/mol. The summed E-state index contributed by atoms with van der Waals surface area (Å²) in [4.78, 5) is 18.3. The molecule has 0 fully saturated rings. The van der Waals surface area contributed by atoms with Gasteiger partial charge in [0, 0.05) is 30.7 Å². The summed E-state index contributed by atoms with van der Waals surface area (Å²) in [6, 6.07) is 5.77. The van der Waals surface area contributed by atoms with E-state index in [4.69, 9.17) is 4.74 Å². The highest BCUT2D eigenvalue weighted by Crippen LogP contribution is 2.27. The van der Waals surface area contributed by atoms with E-state index in [-0.39, 0.29) is 0 Å². The van der Waals surface area contributed by atoms with Gasteiger partial charge < -0.3 is 10.1 Å². The average Bonchev–Trinajstić information content (AvgIpc) is 3.44. The Bertz CT molecular complexity index is 1340. The van der Waals surface area contributed by atoms with Crippen LogP contribution in [0.1, 0.15) is 50.0 Å². The summed E-state index contributed by atoms with van der Waals surface area (Å²) in [5.41, 5.74) is 6.51. The monoisotopic (exact) mass is 461 g/mol. The van der Waals surface area contributed by atoms with Gasteiger partial charge >= 0.3 is 0 Å². The largest absolute Gasteiger partial charge is 0.495 e. The lowest BCUT2D eigenvalue weighted by atomic mass is 10.2. The van der Waals surface area contributed by atoms with Crippen LogP contribution in [0.2, 0.25) is 0 Å². The Morgan fingerprint density at radius 2 is 2.15 bits per heavy atom. The molecular weight excluding hydrogens is 434 g/mol. The fourth-order valence-corrected chi connectivity index (χ4v) is 4.00. The third-order valence-electron chi connectivity index (χ3n) is 5.22. The molecule has 4 heterocycles. The van der Waals surface area contributed by atoms with Crippen LogP contribution < -0.4 is 10.1 Å². The summed E-state index contributed by atoms with van der Waals surface area (Å²) in [6.45, 7) is 8.14. The zero-order valence-electron chi connectivity index (χ0n) is 19.5. The molecule has 1 N–H and O–H groups in total. The lowest BCUT2D eigenvalue weighted by Gasteiger charge is -2.08. The second-order valence-corrected chi connectivity index (χ2v) is 8.54. The van der Waals surface area contributed by atoms with Gasteiger partial charge in [-0.2, -0.15) is 4.37 Å². The second kappa shape index (κ2) is 9.91. The number of hydrogen-bond donors (Lipinski definition) is 1. The Morgan fingerprint density at radius 1 is 1.30 bits per heavy atom.